The molecule has 0 unspecified atom stereocenters. The lowest BCUT2D eigenvalue weighted by Gasteiger charge is -2.02. The molecule has 0 amide bonds. The van der Waals surface area contributed by atoms with E-state index in [0.29, 0.717) is 18.0 Å². The number of nitroso groups, excluding NO2 is 1. The first-order valence-electron chi connectivity index (χ1n) is 3.49. The zero-order valence-corrected chi connectivity index (χ0v) is 7.95. The molecule has 0 radical (unpaired) electrons. The van der Waals surface area contributed by atoms with E-state index in [-0.39, 0.29) is 0 Å². The number of nitrogens with zero attached hydrogens (tertiary/aromatic N) is 1. The molecule has 0 spiro atoms. The van der Waals surface area contributed by atoms with Crippen LogP contribution >= 0.6 is 15.9 Å². The summed E-state index contributed by atoms with van der Waals surface area (Å²) in [6.45, 7) is 0.586. The highest BCUT2D eigenvalue weighted by molar-refractivity contribution is 9.09. The summed E-state index contributed by atoms with van der Waals surface area (Å²) in [6, 6.07) is 6.77. The minimum Gasteiger partial charge on any atom is -0.493 e. The fraction of sp³-hybridized carbons (Fsp3) is 0.250. The van der Waals surface area contributed by atoms with Gasteiger partial charge in [-0.05, 0) is 17.3 Å². The highest BCUT2D eigenvalue weighted by atomic mass is 79.9. The minimum absolute atomic E-state index is 0.391. The molecule has 1 aromatic carbocycles. The number of ether oxygens (including phenoxy) is 1. The Hall–Kier alpha value is -0.900. The third kappa shape index (κ3) is 2.62. The summed E-state index contributed by atoms with van der Waals surface area (Å²) in [6.07, 6.45) is 0. The van der Waals surface area contributed by atoms with Gasteiger partial charge >= 0.3 is 0 Å². The van der Waals surface area contributed by atoms with Gasteiger partial charge in [-0.25, -0.2) is 0 Å². The maximum atomic E-state index is 10.1. The second-order valence-electron chi connectivity index (χ2n) is 2.13. The predicted molar refractivity (Wildman–Crippen MR) is 51.2 cm³/mol. The van der Waals surface area contributed by atoms with E-state index in [2.05, 4.69) is 21.1 Å². The lowest BCUT2D eigenvalue weighted by Crippen LogP contribution is -1.96. The van der Waals surface area contributed by atoms with E-state index in [1.165, 1.54) is 0 Å². The third-order valence-corrected chi connectivity index (χ3v) is 1.59. The molecule has 0 bridgehead atoms. The maximum Gasteiger partial charge on any atom is 0.121 e. The second-order valence-corrected chi connectivity index (χ2v) is 2.92. The van der Waals surface area contributed by atoms with Crippen LogP contribution in [0.15, 0.2) is 29.4 Å². The zero-order chi connectivity index (χ0) is 8.81. The van der Waals surface area contributed by atoms with Gasteiger partial charge in [0, 0.05) is 11.4 Å². The number of alkyl halides is 1. The Kier molecular flexibility index (Phi) is 3.73. The summed E-state index contributed by atoms with van der Waals surface area (Å²) in [5.74, 6) is 0.673. The van der Waals surface area contributed by atoms with Crippen LogP contribution in [0.4, 0.5) is 5.69 Å². The van der Waals surface area contributed by atoms with Crippen LogP contribution in [-0.2, 0) is 0 Å². The van der Waals surface area contributed by atoms with E-state index < -0.39 is 0 Å². The molecule has 64 valence electrons. The van der Waals surface area contributed by atoms with Crippen molar-refractivity contribution in [3.8, 4) is 5.75 Å². The molecule has 0 saturated heterocycles. The summed E-state index contributed by atoms with van der Waals surface area (Å²) in [5.41, 5.74) is 0.391. The van der Waals surface area contributed by atoms with Crippen molar-refractivity contribution in [2.45, 2.75) is 0 Å². The lowest BCUT2D eigenvalue weighted by atomic mass is 10.3. The van der Waals surface area contributed by atoms with Crippen LogP contribution in [0.1, 0.15) is 0 Å². The predicted octanol–water partition coefficient (Wildman–Crippen LogP) is 2.86. The van der Waals surface area contributed by atoms with E-state index in [9.17, 15) is 4.91 Å². The second kappa shape index (κ2) is 4.87. The molecule has 12 heavy (non-hydrogen) atoms. The smallest absolute Gasteiger partial charge is 0.121 e. The highest BCUT2D eigenvalue weighted by Gasteiger charge is 1.94. The molecule has 0 saturated carbocycles. The first-order valence-corrected chi connectivity index (χ1v) is 4.61. The molecule has 0 aromatic heterocycles. The van der Waals surface area contributed by atoms with Crippen molar-refractivity contribution >= 4 is 21.6 Å². The molecule has 0 atom stereocenters. The molecule has 1 rings (SSSR count). The molecule has 0 aliphatic rings. The van der Waals surface area contributed by atoms with Crippen LogP contribution in [-0.4, -0.2) is 11.9 Å². The molecule has 4 heteroatoms. The van der Waals surface area contributed by atoms with Crippen LogP contribution in [0.3, 0.4) is 0 Å². The topological polar surface area (TPSA) is 38.7 Å². The molecular weight excluding hydrogens is 222 g/mol. The van der Waals surface area contributed by atoms with E-state index in [4.69, 9.17) is 4.74 Å². The number of halogens is 1. The van der Waals surface area contributed by atoms with Crippen molar-refractivity contribution in [1.82, 2.24) is 0 Å². The quantitative estimate of drug-likeness (QED) is 0.589. The fourth-order valence-corrected chi connectivity index (χ4v) is 0.948. The molecular formula is C8H8BrNO2. The van der Waals surface area contributed by atoms with Crippen molar-refractivity contribution in [2.75, 3.05) is 11.9 Å². The minimum atomic E-state index is 0.391. The van der Waals surface area contributed by atoms with Gasteiger partial charge in [0.1, 0.15) is 11.4 Å². The maximum absolute atomic E-state index is 10.1. The Labute approximate surface area is 78.8 Å². The standard InChI is InChI=1S/C8H8BrNO2/c9-4-5-12-8-3-1-2-7(6-8)10-11/h1-3,6H,4-5H2. The lowest BCUT2D eigenvalue weighted by molar-refractivity contribution is 0.345. The number of rotatable bonds is 4. The number of hydrogen-bond acceptors (Lipinski definition) is 3. The van der Waals surface area contributed by atoms with Crippen molar-refractivity contribution in [1.29, 1.82) is 0 Å². The third-order valence-electron chi connectivity index (χ3n) is 1.27. The van der Waals surface area contributed by atoms with Gasteiger partial charge in [-0.15, -0.1) is 4.91 Å². The summed E-state index contributed by atoms with van der Waals surface area (Å²) in [7, 11) is 0. The molecule has 0 fully saturated rings. The average molecular weight is 230 g/mol. The van der Waals surface area contributed by atoms with Crippen molar-refractivity contribution in [3.63, 3.8) is 0 Å². The Morgan fingerprint density at radius 1 is 1.50 bits per heavy atom. The van der Waals surface area contributed by atoms with E-state index >= 15 is 0 Å². The van der Waals surface area contributed by atoms with Gasteiger partial charge in [-0.3, -0.25) is 0 Å². The highest BCUT2D eigenvalue weighted by Crippen LogP contribution is 2.19. The Balaban J connectivity index is 2.66. The summed E-state index contributed by atoms with van der Waals surface area (Å²) < 4.78 is 5.25. The van der Waals surface area contributed by atoms with Crippen LogP contribution in [0.25, 0.3) is 0 Å². The van der Waals surface area contributed by atoms with Gasteiger partial charge < -0.3 is 4.74 Å². The number of hydrogen-bond donors (Lipinski definition) is 0. The molecule has 0 aliphatic carbocycles. The summed E-state index contributed by atoms with van der Waals surface area (Å²) in [5, 5.41) is 3.57. The first-order chi connectivity index (χ1) is 5.86. The van der Waals surface area contributed by atoms with E-state index in [1.807, 2.05) is 0 Å². The van der Waals surface area contributed by atoms with Crippen molar-refractivity contribution in [3.05, 3.63) is 29.2 Å². The summed E-state index contributed by atoms with van der Waals surface area (Å²) >= 11 is 3.23. The largest absolute Gasteiger partial charge is 0.493 e. The van der Waals surface area contributed by atoms with Crippen molar-refractivity contribution < 1.29 is 4.74 Å². The van der Waals surface area contributed by atoms with Crippen LogP contribution in [0.2, 0.25) is 0 Å². The van der Waals surface area contributed by atoms with E-state index in [1.54, 1.807) is 24.3 Å². The van der Waals surface area contributed by atoms with Crippen molar-refractivity contribution in [2.24, 2.45) is 5.18 Å². The molecule has 0 heterocycles. The monoisotopic (exact) mass is 229 g/mol. The summed E-state index contributed by atoms with van der Waals surface area (Å²) in [4.78, 5) is 10.1. The molecule has 0 aliphatic heterocycles. The SMILES string of the molecule is O=Nc1cccc(OCCBr)c1. The van der Waals surface area contributed by atoms with Gasteiger partial charge in [0.05, 0.1) is 6.61 Å². The van der Waals surface area contributed by atoms with Gasteiger partial charge in [0.25, 0.3) is 0 Å². The van der Waals surface area contributed by atoms with Crippen LogP contribution in [0, 0.1) is 4.91 Å². The van der Waals surface area contributed by atoms with Gasteiger partial charge in [0.2, 0.25) is 0 Å². The molecule has 0 N–H and O–H groups in total. The van der Waals surface area contributed by atoms with Gasteiger partial charge in [-0.2, -0.15) is 0 Å². The van der Waals surface area contributed by atoms with E-state index in [0.717, 1.165) is 5.33 Å². The Morgan fingerprint density at radius 2 is 2.33 bits per heavy atom. The molecule has 3 nitrogen and oxygen atoms in total. The van der Waals surface area contributed by atoms with Crippen LogP contribution < -0.4 is 4.74 Å². The fourth-order valence-electron chi connectivity index (χ4n) is 0.787. The van der Waals surface area contributed by atoms with Gasteiger partial charge in [-0.1, -0.05) is 22.0 Å². The Bertz CT molecular complexity index is 265. The Morgan fingerprint density at radius 3 is 3.00 bits per heavy atom. The number of benzene rings is 1. The van der Waals surface area contributed by atoms with Gasteiger partial charge in [0.15, 0.2) is 0 Å². The normalized spacial score (nSPS) is 9.42. The average Bonchev–Trinajstić information content (AvgIpc) is 2.15. The zero-order valence-electron chi connectivity index (χ0n) is 6.37. The first kappa shape index (κ1) is 9.19. The van der Waals surface area contributed by atoms with Crippen LogP contribution in [0.5, 0.6) is 5.75 Å². The molecule has 1 aromatic rings.